The lowest BCUT2D eigenvalue weighted by Gasteiger charge is -2.19. The average molecular weight is 530 g/mol. The minimum atomic E-state index is 0.774. The second kappa shape index (κ2) is 10.8. The fourth-order valence-electron chi connectivity index (χ4n) is 5.08. The molecule has 0 bridgehead atoms. The van der Waals surface area contributed by atoms with Crippen molar-refractivity contribution >= 4 is 17.3 Å². The normalized spacial score (nSPS) is 10.9. The third kappa shape index (κ3) is 4.81. The van der Waals surface area contributed by atoms with Gasteiger partial charge >= 0.3 is 0 Å². The first-order valence-electron chi connectivity index (χ1n) is 13.6. The molecular formula is C36H27N5. The predicted molar refractivity (Wildman–Crippen MR) is 166 cm³/mol. The highest BCUT2D eigenvalue weighted by molar-refractivity contribution is 5.79. The van der Waals surface area contributed by atoms with Gasteiger partial charge < -0.3 is 0 Å². The summed E-state index contributed by atoms with van der Waals surface area (Å²) in [6.07, 6.45) is 0. The highest BCUT2D eigenvalue weighted by atomic mass is 15.4. The van der Waals surface area contributed by atoms with Crippen LogP contribution in [-0.2, 0) is 0 Å². The first-order chi connectivity index (χ1) is 20.3. The van der Waals surface area contributed by atoms with Gasteiger partial charge in [-0.2, -0.15) is 0 Å². The minimum Gasteiger partial charge on any atom is -0.276 e. The van der Waals surface area contributed by atoms with Crippen LogP contribution in [0.5, 0.6) is 0 Å². The summed E-state index contributed by atoms with van der Waals surface area (Å²) in [5, 5.41) is 10.4. The molecule has 0 amide bonds. The minimum absolute atomic E-state index is 0.774. The Bertz CT molecular complexity index is 1630. The van der Waals surface area contributed by atoms with Gasteiger partial charge in [0.25, 0.3) is 0 Å². The molecule has 0 aliphatic carbocycles. The zero-order valence-electron chi connectivity index (χ0n) is 22.3. The molecule has 41 heavy (non-hydrogen) atoms. The summed E-state index contributed by atoms with van der Waals surface area (Å²) in [4.78, 5) is 2.12. The van der Waals surface area contributed by atoms with E-state index in [0.717, 1.165) is 51.2 Å². The molecule has 0 aliphatic heterocycles. The monoisotopic (exact) mass is 529 g/mol. The van der Waals surface area contributed by atoms with E-state index in [4.69, 9.17) is 10.2 Å². The molecule has 2 aromatic heterocycles. The van der Waals surface area contributed by atoms with Crippen LogP contribution in [0.3, 0.4) is 0 Å². The number of hydrogen-bond donors (Lipinski definition) is 0. The predicted octanol–water partition coefficient (Wildman–Crippen LogP) is 8.86. The van der Waals surface area contributed by atoms with Crippen LogP contribution in [0.15, 0.2) is 164 Å². The maximum absolute atomic E-state index is 5.19. The number of aromatic nitrogens is 4. The van der Waals surface area contributed by atoms with Crippen molar-refractivity contribution in [1.82, 2.24) is 19.6 Å². The molecule has 0 atom stereocenters. The zero-order valence-corrected chi connectivity index (χ0v) is 22.3. The lowest BCUT2D eigenvalue weighted by atomic mass is 10.1. The van der Waals surface area contributed by atoms with E-state index in [1.807, 2.05) is 76.1 Å². The molecular weight excluding hydrogens is 502 g/mol. The molecule has 0 N–H and O–H groups in total. The summed E-state index contributed by atoms with van der Waals surface area (Å²) in [7, 11) is 0. The molecule has 0 unspecified atom stereocenters. The van der Waals surface area contributed by atoms with Gasteiger partial charge in [-0.25, -0.2) is 9.36 Å². The van der Waals surface area contributed by atoms with Gasteiger partial charge in [0, 0.05) is 28.9 Å². The number of anilines is 3. The van der Waals surface area contributed by atoms with Gasteiger partial charge in [0.2, 0.25) is 0 Å². The molecule has 0 spiro atoms. The van der Waals surface area contributed by atoms with Gasteiger partial charge in [-0.15, -0.1) is 10.2 Å². The molecule has 7 rings (SSSR count). The molecule has 5 heteroatoms. The lowest BCUT2D eigenvalue weighted by molar-refractivity contribution is 0.864. The maximum atomic E-state index is 5.19. The number of benzene rings is 5. The largest absolute Gasteiger partial charge is 0.276 e. The second-order valence-corrected chi connectivity index (χ2v) is 9.67. The van der Waals surface area contributed by atoms with Crippen LogP contribution in [-0.4, -0.2) is 19.6 Å². The Morgan fingerprint density at radius 3 is 1.12 bits per heavy atom. The Balaban J connectivity index is 1.45. The van der Waals surface area contributed by atoms with Crippen molar-refractivity contribution < 1.29 is 0 Å². The fraction of sp³-hybridized carbons (Fsp3) is 0. The van der Waals surface area contributed by atoms with Crippen molar-refractivity contribution in [2.45, 2.75) is 0 Å². The zero-order chi connectivity index (χ0) is 27.4. The maximum Gasteiger partial charge on any atom is 0.161 e. The summed E-state index contributed by atoms with van der Waals surface area (Å²) in [5.74, 6) is 1.55. The first kappa shape index (κ1) is 24.4. The summed E-state index contributed by atoms with van der Waals surface area (Å²) in [6, 6.07) is 55.8. The van der Waals surface area contributed by atoms with Crippen molar-refractivity contribution in [3.8, 4) is 33.9 Å². The van der Waals surface area contributed by atoms with E-state index in [1.54, 1.807) is 0 Å². The highest BCUT2D eigenvalue weighted by Crippen LogP contribution is 2.38. The molecule has 0 saturated carbocycles. The van der Waals surface area contributed by atoms with Gasteiger partial charge in [-0.3, -0.25) is 4.90 Å². The molecule has 0 radical (unpaired) electrons. The van der Waals surface area contributed by atoms with Gasteiger partial charge in [-0.1, -0.05) is 115 Å². The third-order valence-electron chi connectivity index (χ3n) is 7.01. The standard InChI is InChI=1S/C36H27N5/c1-6-16-28(17-7-1)33-26-35(37-40(33)31-22-12-4-13-23-31)39(30-20-10-3-11-21-30)36-27-34(29-18-8-2-9-19-29)41(38-36)32-24-14-5-15-25-32/h1-27H. The highest BCUT2D eigenvalue weighted by Gasteiger charge is 2.23. The van der Waals surface area contributed by atoms with Crippen LogP contribution in [0, 0.1) is 0 Å². The summed E-state index contributed by atoms with van der Waals surface area (Å²) >= 11 is 0. The van der Waals surface area contributed by atoms with Crippen LogP contribution >= 0.6 is 0 Å². The Morgan fingerprint density at radius 1 is 0.390 bits per heavy atom. The van der Waals surface area contributed by atoms with Crippen molar-refractivity contribution in [3.05, 3.63) is 164 Å². The number of rotatable bonds is 7. The van der Waals surface area contributed by atoms with Crippen molar-refractivity contribution in [2.24, 2.45) is 0 Å². The lowest BCUT2D eigenvalue weighted by Crippen LogP contribution is -2.12. The van der Waals surface area contributed by atoms with Crippen molar-refractivity contribution in [1.29, 1.82) is 0 Å². The average Bonchev–Trinajstić information content (AvgIpc) is 3.69. The first-order valence-corrected chi connectivity index (χ1v) is 13.6. The molecule has 2 heterocycles. The fourth-order valence-corrected chi connectivity index (χ4v) is 5.08. The molecule has 196 valence electrons. The number of nitrogens with zero attached hydrogens (tertiary/aromatic N) is 5. The molecule has 7 aromatic rings. The smallest absolute Gasteiger partial charge is 0.161 e. The Kier molecular flexibility index (Phi) is 6.44. The Labute approximate surface area is 239 Å². The van der Waals surface area contributed by atoms with Gasteiger partial charge in [-0.05, 0) is 36.4 Å². The number of para-hydroxylation sites is 3. The molecule has 0 fully saturated rings. The topological polar surface area (TPSA) is 38.9 Å². The van der Waals surface area contributed by atoms with E-state index >= 15 is 0 Å². The van der Waals surface area contributed by atoms with Crippen molar-refractivity contribution in [3.63, 3.8) is 0 Å². The van der Waals surface area contributed by atoms with Gasteiger partial charge in [0.05, 0.1) is 22.8 Å². The van der Waals surface area contributed by atoms with Crippen LogP contribution in [0.4, 0.5) is 17.3 Å². The molecule has 5 aromatic carbocycles. The second-order valence-electron chi connectivity index (χ2n) is 9.67. The van der Waals surface area contributed by atoms with E-state index in [2.05, 4.69) is 102 Å². The third-order valence-corrected chi connectivity index (χ3v) is 7.01. The van der Waals surface area contributed by atoms with Crippen molar-refractivity contribution in [2.75, 3.05) is 4.90 Å². The molecule has 5 nitrogen and oxygen atoms in total. The quantitative estimate of drug-likeness (QED) is 0.207. The molecule has 0 saturated heterocycles. The van der Waals surface area contributed by atoms with Crippen LogP contribution in [0.25, 0.3) is 33.9 Å². The van der Waals surface area contributed by atoms with Crippen LogP contribution in [0.2, 0.25) is 0 Å². The van der Waals surface area contributed by atoms with E-state index in [0.29, 0.717) is 0 Å². The van der Waals surface area contributed by atoms with Gasteiger partial charge in [0.15, 0.2) is 11.6 Å². The summed E-state index contributed by atoms with van der Waals surface area (Å²) in [5.41, 5.74) is 7.13. The Hall–Kier alpha value is -5.68. The van der Waals surface area contributed by atoms with E-state index < -0.39 is 0 Å². The summed E-state index contributed by atoms with van der Waals surface area (Å²) < 4.78 is 4.01. The summed E-state index contributed by atoms with van der Waals surface area (Å²) in [6.45, 7) is 0. The Morgan fingerprint density at radius 2 is 0.732 bits per heavy atom. The molecule has 0 aliphatic rings. The van der Waals surface area contributed by atoms with E-state index in [-0.39, 0.29) is 0 Å². The van der Waals surface area contributed by atoms with Crippen LogP contribution in [0.1, 0.15) is 0 Å². The SMILES string of the molecule is c1ccc(-c2cc(N(c3ccccc3)c3cc(-c4ccccc4)n(-c4ccccc4)n3)nn2-c2ccccc2)cc1. The van der Waals surface area contributed by atoms with Gasteiger partial charge in [0.1, 0.15) is 0 Å². The number of hydrogen-bond acceptors (Lipinski definition) is 3. The van der Waals surface area contributed by atoms with E-state index in [9.17, 15) is 0 Å². The van der Waals surface area contributed by atoms with E-state index in [1.165, 1.54) is 0 Å². The van der Waals surface area contributed by atoms with Crippen LogP contribution < -0.4 is 4.90 Å².